The summed E-state index contributed by atoms with van der Waals surface area (Å²) >= 11 is 0. The van der Waals surface area contributed by atoms with E-state index in [9.17, 15) is 4.79 Å². The number of ketones is 1. The lowest BCUT2D eigenvalue weighted by Crippen LogP contribution is -2.35. The highest BCUT2D eigenvalue weighted by Crippen LogP contribution is 2.27. The molecule has 0 saturated heterocycles. The summed E-state index contributed by atoms with van der Waals surface area (Å²) in [4.78, 5) is 16.8. The number of benzene rings is 2. The van der Waals surface area contributed by atoms with Gasteiger partial charge in [-0.05, 0) is 30.9 Å². The van der Waals surface area contributed by atoms with Gasteiger partial charge in [-0.2, -0.15) is 0 Å². The molecule has 0 aliphatic rings. The zero-order chi connectivity index (χ0) is 18.5. The minimum absolute atomic E-state index is 0.124. The summed E-state index contributed by atoms with van der Waals surface area (Å²) in [6, 6.07) is 16.2. The molecular weight excluding hydrogens is 320 g/mol. The lowest BCUT2D eigenvalue weighted by molar-refractivity contribution is 0.0937. The number of para-hydroxylation sites is 1. The number of hydrogen-bond acceptors (Lipinski definition) is 2. The minimum Gasteiger partial charge on any atom is -0.360 e. The Balaban J connectivity index is 2.00. The van der Waals surface area contributed by atoms with Crippen molar-refractivity contribution in [3.8, 4) is 0 Å². The number of hydrogen-bond donors (Lipinski definition) is 2. The van der Waals surface area contributed by atoms with Crippen LogP contribution >= 0.6 is 0 Å². The van der Waals surface area contributed by atoms with Crippen molar-refractivity contribution in [1.82, 2.24) is 10.3 Å². The van der Waals surface area contributed by atoms with Gasteiger partial charge in [0.25, 0.3) is 0 Å². The van der Waals surface area contributed by atoms with Crippen LogP contribution in [-0.4, -0.2) is 16.8 Å². The third kappa shape index (κ3) is 3.73. The summed E-state index contributed by atoms with van der Waals surface area (Å²) < 4.78 is 0. The molecule has 2 atom stereocenters. The van der Waals surface area contributed by atoms with E-state index in [4.69, 9.17) is 0 Å². The molecule has 0 bridgehead atoms. The van der Waals surface area contributed by atoms with E-state index in [0.29, 0.717) is 0 Å². The van der Waals surface area contributed by atoms with Crippen LogP contribution in [0.25, 0.3) is 10.9 Å². The van der Waals surface area contributed by atoms with Crippen LogP contribution in [0.1, 0.15) is 61.1 Å². The molecule has 0 saturated carbocycles. The third-order valence-electron chi connectivity index (χ3n) is 5.02. The van der Waals surface area contributed by atoms with Gasteiger partial charge in [0.05, 0.1) is 6.04 Å². The molecule has 1 aromatic heterocycles. The van der Waals surface area contributed by atoms with E-state index in [1.165, 1.54) is 5.56 Å². The number of Topliss-reactive ketones (excluding diaryl/α,β-unsaturated/α-hetero) is 1. The number of carbonyl (C=O) groups is 1. The smallest absolute Gasteiger partial charge is 0.186 e. The van der Waals surface area contributed by atoms with Gasteiger partial charge < -0.3 is 10.3 Å². The van der Waals surface area contributed by atoms with Gasteiger partial charge in [0.2, 0.25) is 0 Å². The van der Waals surface area contributed by atoms with Gasteiger partial charge in [0, 0.05) is 28.7 Å². The molecule has 0 aliphatic heterocycles. The van der Waals surface area contributed by atoms with E-state index in [2.05, 4.69) is 37.1 Å². The fraction of sp³-hybridized carbons (Fsp3) is 0.348. The molecule has 3 heteroatoms. The number of nitrogens with one attached hydrogen (secondary N) is 2. The Bertz CT molecular complexity index is 866. The van der Waals surface area contributed by atoms with Gasteiger partial charge >= 0.3 is 0 Å². The van der Waals surface area contributed by atoms with E-state index < -0.39 is 0 Å². The Morgan fingerprint density at radius 2 is 1.85 bits per heavy atom. The Hall–Kier alpha value is -2.39. The largest absolute Gasteiger partial charge is 0.360 e. The third-order valence-corrected chi connectivity index (χ3v) is 5.02. The average Bonchev–Trinajstić information content (AvgIpc) is 3.10. The van der Waals surface area contributed by atoms with Crippen LogP contribution in [0.15, 0.2) is 54.7 Å². The SMILES string of the molecule is CCC[C@H](C)N[C@@H](C(=O)c1c[nH]c2c(CC)cccc12)c1ccccc1. The monoisotopic (exact) mass is 348 g/mol. The number of fused-ring (bicyclic) bond motifs is 1. The molecule has 0 spiro atoms. The number of aromatic amines is 1. The molecule has 3 rings (SSSR count). The van der Waals surface area contributed by atoms with Crippen LogP contribution in [0.3, 0.4) is 0 Å². The fourth-order valence-corrected chi connectivity index (χ4v) is 3.64. The molecule has 0 amide bonds. The highest BCUT2D eigenvalue weighted by molar-refractivity contribution is 6.11. The molecule has 3 aromatic rings. The highest BCUT2D eigenvalue weighted by Gasteiger charge is 2.25. The van der Waals surface area contributed by atoms with Crippen LogP contribution in [0, 0.1) is 0 Å². The van der Waals surface area contributed by atoms with Crippen molar-refractivity contribution in [1.29, 1.82) is 0 Å². The Morgan fingerprint density at radius 1 is 1.08 bits per heavy atom. The van der Waals surface area contributed by atoms with Crippen molar-refractivity contribution in [2.45, 2.75) is 52.1 Å². The first-order valence-corrected chi connectivity index (χ1v) is 9.59. The Kier molecular flexibility index (Phi) is 5.89. The van der Waals surface area contributed by atoms with Crippen molar-refractivity contribution < 1.29 is 4.79 Å². The van der Waals surface area contributed by atoms with E-state index >= 15 is 0 Å². The molecule has 0 unspecified atom stereocenters. The van der Waals surface area contributed by atoms with Crippen molar-refractivity contribution >= 4 is 16.7 Å². The molecular formula is C23H28N2O. The van der Waals surface area contributed by atoms with Gasteiger partial charge in [0.1, 0.15) is 0 Å². The standard InChI is InChI=1S/C23H28N2O/c1-4-10-16(3)25-22(18-11-7-6-8-12-18)23(26)20-15-24-21-17(5-2)13-9-14-19(20)21/h6-9,11-16,22,24-25H,4-5,10H2,1-3H3/t16-,22+/m0/s1. The number of aryl methyl sites for hydroxylation is 1. The van der Waals surface area contributed by atoms with E-state index in [1.54, 1.807) is 0 Å². The summed E-state index contributed by atoms with van der Waals surface area (Å²) in [6.45, 7) is 6.46. The lowest BCUT2D eigenvalue weighted by atomic mass is 9.95. The zero-order valence-electron chi connectivity index (χ0n) is 15.9. The number of rotatable bonds is 8. The van der Waals surface area contributed by atoms with Gasteiger partial charge in [-0.25, -0.2) is 0 Å². The molecule has 2 N–H and O–H groups in total. The average molecular weight is 348 g/mol. The first-order chi connectivity index (χ1) is 12.7. The number of aromatic nitrogens is 1. The van der Waals surface area contributed by atoms with Crippen LogP contribution in [0.5, 0.6) is 0 Å². The number of H-pyrrole nitrogens is 1. The summed E-state index contributed by atoms with van der Waals surface area (Å²) in [6.07, 6.45) is 4.95. The van der Waals surface area contributed by atoms with Gasteiger partial charge in [-0.1, -0.05) is 68.8 Å². The second-order valence-electron chi connectivity index (χ2n) is 6.96. The summed E-state index contributed by atoms with van der Waals surface area (Å²) in [5.41, 5.74) is 4.10. The molecule has 0 radical (unpaired) electrons. The maximum Gasteiger partial charge on any atom is 0.186 e. The molecule has 1 heterocycles. The molecule has 0 aliphatic carbocycles. The Morgan fingerprint density at radius 3 is 2.54 bits per heavy atom. The van der Waals surface area contributed by atoms with E-state index in [1.807, 2.05) is 48.7 Å². The van der Waals surface area contributed by atoms with Crippen LogP contribution in [0.4, 0.5) is 0 Å². The summed E-state index contributed by atoms with van der Waals surface area (Å²) in [7, 11) is 0. The topological polar surface area (TPSA) is 44.9 Å². The second kappa shape index (κ2) is 8.33. The predicted octanol–water partition coefficient (Wildman–Crippen LogP) is 5.43. The number of carbonyl (C=O) groups excluding carboxylic acids is 1. The van der Waals surface area contributed by atoms with Crippen molar-refractivity contribution in [2.24, 2.45) is 0 Å². The van der Waals surface area contributed by atoms with Gasteiger partial charge in [0.15, 0.2) is 5.78 Å². The summed E-state index contributed by atoms with van der Waals surface area (Å²) in [5, 5.41) is 4.57. The Labute approximate surface area is 155 Å². The van der Waals surface area contributed by atoms with Gasteiger partial charge in [-0.15, -0.1) is 0 Å². The highest BCUT2D eigenvalue weighted by atomic mass is 16.1. The van der Waals surface area contributed by atoms with Crippen molar-refractivity contribution in [3.05, 3.63) is 71.4 Å². The van der Waals surface area contributed by atoms with Crippen molar-refractivity contribution in [3.63, 3.8) is 0 Å². The first kappa shape index (κ1) is 18.4. The lowest BCUT2D eigenvalue weighted by Gasteiger charge is -2.22. The van der Waals surface area contributed by atoms with Gasteiger partial charge in [-0.3, -0.25) is 4.79 Å². The molecule has 2 aromatic carbocycles. The van der Waals surface area contributed by atoms with E-state index in [0.717, 1.165) is 41.3 Å². The fourth-order valence-electron chi connectivity index (χ4n) is 3.64. The first-order valence-electron chi connectivity index (χ1n) is 9.59. The minimum atomic E-state index is -0.331. The second-order valence-corrected chi connectivity index (χ2v) is 6.96. The molecule has 3 nitrogen and oxygen atoms in total. The van der Waals surface area contributed by atoms with E-state index in [-0.39, 0.29) is 17.9 Å². The van der Waals surface area contributed by atoms with Crippen LogP contribution in [0.2, 0.25) is 0 Å². The zero-order valence-corrected chi connectivity index (χ0v) is 15.9. The molecule has 136 valence electrons. The summed E-state index contributed by atoms with van der Waals surface area (Å²) in [5.74, 6) is 0.124. The quantitative estimate of drug-likeness (QED) is 0.533. The predicted molar refractivity (Wildman–Crippen MR) is 109 cm³/mol. The van der Waals surface area contributed by atoms with Crippen LogP contribution in [-0.2, 0) is 6.42 Å². The van der Waals surface area contributed by atoms with Crippen molar-refractivity contribution in [2.75, 3.05) is 0 Å². The molecule has 26 heavy (non-hydrogen) atoms. The van der Waals surface area contributed by atoms with Crippen LogP contribution < -0.4 is 5.32 Å². The molecule has 0 fully saturated rings. The maximum atomic E-state index is 13.5. The normalized spacial score (nSPS) is 13.7. The maximum absolute atomic E-state index is 13.5.